The minimum atomic E-state index is -2.75. The van der Waals surface area contributed by atoms with Gasteiger partial charge in [0.2, 0.25) is 0 Å². The Balaban J connectivity index is 3.18. The quantitative estimate of drug-likeness (QED) is 0.622. The first-order chi connectivity index (χ1) is 6.56. The number of rotatable bonds is 2. The van der Waals surface area contributed by atoms with Crippen molar-refractivity contribution in [1.82, 2.24) is 4.98 Å². The number of halogens is 4. The number of nitriles is 1. The van der Waals surface area contributed by atoms with Crippen molar-refractivity contribution in [1.29, 1.82) is 5.26 Å². The van der Waals surface area contributed by atoms with E-state index in [9.17, 15) is 13.2 Å². The Morgan fingerprint density at radius 2 is 2.21 bits per heavy atom. The molecule has 0 unspecified atom stereocenters. The van der Waals surface area contributed by atoms with Gasteiger partial charge in [-0.3, -0.25) is 0 Å². The monoisotopic (exact) mass is 312 g/mol. The van der Waals surface area contributed by atoms with E-state index in [4.69, 9.17) is 5.26 Å². The Bertz CT molecular complexity index is 387. The third kappa shape index (κ3) is 2.35. The summed E-state index contributed by atoms with van der Waals surface area (Å²) in [6.07, 6.45) is -2.97. The van der Waals surface area contributed by atoms with Crippen molar-refractivity contribution in [2.24, 2.45) is 0 Å². The summed E-state index contributed by atoms with van der Waals surface area (Å²) in [6.45, 7) is 0. The molecule has 2 nitrogen and oxygen atoms in total. The third-order valence-corrected chi connectivity index (χ3v) is 2.37. The summed E-state index contributed by atoms with van der Waals surface area (Å²) in [5, 5.41) is 8.31. The molecule has 14 heavy (non-hydrogen) atoms. The van der Waals surface area contributed by atoms with E-state index in [1.165, 1.54) is 0 Å². The van der Waals surface area contributed by atoms with Crippen LogP contribution in [0.2, 0.25) is 0 Å². The van der Waals surface area contributed by atoms with Crippen molar-refractivity contribution >= 4 is 22.6 Å². The van der Waals surface area contributed by atoms with Gasteiger partial charge in [-0.1, -0.05) is 0 Å². The molecule has 0 aliphatic heterocycles. The largest absolute Gasteiger partial charge is 0.266 e. The van der Waals surface area contributed by atoms with Gasteiger partial charge >= 0.3 is 0 Å². The maximum absolute atomic E-state index is 13.0. The molecule has 6 heteroatoms. The van der Waals surface area contributed by atoms with Crippen LogP contribution >= 0.6 is 22.6 Å². The zero-order chi connectivity index (χ0) is 10.7. The molecule has 1 rings (SSSR count). The van der Waals surface area contributed by atoms with Gasteiger partial charge in [-0.2, -0.15) is 5.26 Å². The van der Waals surface area contributed by atoms with Crippen LogP contribution in [0.5, 0.6) is 0 Å². The SMILES string of the molecule is N#CCc1nc(I)c(C(F)F)cc1F. The molecular weight excluding hydrogens is 308 g/mol. The fraction of sp³-hybridized carbons (Fsp3) is 0.250. The second-order valence-corrected chi connectivity index (χ2v) is 3.45. The fourth-order valence-corrected chi connectivity index (χ4v) is 1.55. The summed E-state index contributed by atoms with van der Waals surface area (Å²) < 4.78 is 37.6. The van der Waals surface area contributed by atoms with Gasteiger partial charge in [0.05, 0.1) is 23.7 Å². The Labute approximate surface area is 91.9 Å². The van der Waals surface area contributed by atoms with Crippen molar-refractivity contribution in [3.05, 3.63) is 26.8 Å². The molecule has 0 saturated carbocycles. The van der Waals surface area contributed by atoms with Crippen LogP contribution in [0.15, 0.2) is 6.07 Å². The first-order valence-corrected chi connectivity index (χ1v) is 4.64. The molecule has 1 aromatic heterocycles. The molecule has 0 radical (unpaired) electrons. The number of aromatic nitrogens is 1. The van der Waals surface area contributed by atoms with Crippen LogP contribution in [-0.2, 0) is 6.42 Å². The molecule has 74 valence electrons. The number of hydrogen-bond acceptors (Lipinski definition) is 2. The number of pyridine rings is 1. The molecule has 0 aromatic carbocycles. The lowest BCUT2D eigenvalue weighted by Gasteiger charge is -2.04. The molecule has 0 aliphatic carbocycles. The average Bonchev–Trinajstić information content (AvgIpc) is 2.10. The topological polar surface area (TPSA) is 36.7 Å². The van der Waals surface area contributed by atoms with Gasteiger partial charge in [0, 0.05) is 0 Å². The molecule has 0 saturated heterocycles. The Morgan fingerprint density at radius 3 is 2.71 bits per heavy atom. The standard InChI is InChI=1S/C8H4F3IN2/c9-5-3-4(7(10)11)8(12)14-6(5)1-2-13/h3,7H,1H2. The third-order valence-electron chi connectivity index (χ3n) is 1.51. The first kappa shape index (κ1) is 11.2. The van der Waals surface area contributed by atoms with Crippen LogP contribution in [0.1, 0.15) is 17.7 Å². The minimum Gasteiger partial charge on any atom is -0.242 e. The van der Waals surface area contributed by atoms with Crippen molar-refractivity contribution in [3.63, 3.8) is 0 Å². The smallest absolute Gasteiger partial charge is 0.242 e. The Morgan fingerprint density at radius 1 is 1.57 bits per heavy atom. The first-order valence-electron chi connectivity index (χ1n) is 3.56. The highest BCUT2D eigenvalue weighted by molar-refractivity contribution is 14.1. The second-order valence-electron chi connectivity index (χ2n) is 2.43. The highest BCUT2D eigenvalue weighted by Gasteiger charge is 2.16. The summed E-state index contributed by atoms with van der Waals surface area (Å²) in [7, 11) is 0. The van der Waals surface area contributed by atoms with E-state index in [0.717, 1.165) is 6.07 Å². The molecule has 1 aromatic rings. The van der Waals surface area contributed by atoms with Crippen molar-refractivity contribution < 1.29 is 13.2 Å². The maximum Gasteiger partial charge on any atom is 0.266 e. The molecule has 0 spiro atoms. The molecule has 0 fully saturated rings. The molecule has 0 N–H and O–H groups in total. The lowest BCUT2D eigenvalue weighted by molar-refractivity contribution is 0.149. The Hall–Kier alpha value is -0.840. The zero-order valence-electron chi connectivity index (χ0n) is 6.77. The molecule has 0 atom stereocenters. The molecule has 0 aliphatic rings. The van der Waals surface area contributed by atoms with Gasteiger partial charge in [0.15, 0.2) is 0 Å². The van der Waals surface area contributed by atoms with E-state index >= 15 is 0 Å². The van der Waals surface area contributed by atoms with Crippen molar-refractivity contribution in [2.75, 3.05) is 0 Å². The van der Waals surface area contributed by atoms with Crippen molar-refractivity contribution in [3.8, 4) is 6.07 Å². The van der Waals surface area contributed by atoms with Crippen LogP contribution in [0.25, 0.3) is 0 Å². The van der Waals surface area contributed by atoms with Crippen molar-refractivity contribution in [2.45, 2.75) is 12.8 Å². The molecule has 0 amide bonds. The van der Waals surface area contributed by atoms with Gasteiger partial charge in [0.1, 0.15) is 9.52 Å². The number of alkyl halides is 2. The van der Waals surface area contributed by atoms with E-state index in [-0.39, 0.29) is 15.8 Å². The highest BCUT2D eigenvalue weighted by atomic mass is 127. The van der Waals surface area contributed by atoms with Gasteiger partial charge in [-0.15, -0.1) is 0 Å². The van der Waals surface area contributed by atoms with Gasteiger partial charge in [-0.05, 0) is 28.7 Å². The van der Waals surface area contributed by atoms with Crippen LogP contribution in [0.3, 0.4) is 0 Å². The van der Waals surface area contributed by atoms with E-state index in [1.54, 1.807) is 28.7 Å². The van der Waals surface area contributed by atoms with E-state index in [0.29, 0.717) is 0 Å². The van der Waals surface area contributed by atoms with Gasteiger partial charge in [-0.25, -0.2) is 18.2 Å². The molecule has 0 bridgehead atoms. The van der Waals surface area contributed by atoms with Gasteiger partial charge < -0.3 is 0 Å². The number of hydrogen-bond donors (Lipinski definition) is 0. The highest BCUT2D eigenvalue weighted by Crippen LogP contribution is 2.24. The Kier molecular flexibility index (Phi) is 3.69. The van der Waals surface area contributed by atoms with Crippen LogP contribution in [0, 0.1) is 20.8 Å². The zero-order valence-corrected chi connectivity index (χ0v) is 8.93. The van der Waals surface area contributed by atoms with Crippen LogP contribution in [0.4, 0.5) is 13.2 Å². The van der Waals surface area contributed by atoms with Crippen LogP contribution < -0.4 is 0 Å². The maximum atomic E-state index is 13.0. The van der Waals surface area contributed by atoms with Crippen LogP contribution in [-0.4, -0.2) is 4.98 Å². The van der Waals surface area contributed by atoms with E-state index < -0.39 is 17.8 Å². The average molecular weight is 312 g/mol. The predicted octanol–water partition coefficient (Wildman–Crippen LogP) is 2.83. The summed E-state index contributed by atoms with van der Waals surface area (Å²) in [5.74, 6) is -0.859. The normalized spacial score (nSPS) is 10.3. The van der Waals surface area contributed by atoms with E-state index in [2.05, 4.69) is 4.98 Å². The number of nitrogens with zero attached hydrogens (tertiary/aromatic N) is 2. The molecular formula is C8H4F3IN2. The van der Waals surface area contributed by atoms with E-state index in [1.807, 2.05) is 0 Å². The lowest BCUT2D eigenvalue weighted by Crippen LogP contribution is -2.01. The predicted molar refractivity (Wildman–Crippen MR) is 51.2 cm³/mol. The summed E-state index contributed by atoms with van der Waals surface area (Å²) in [6, 6.07) is 2.44. The summed E-state index contributed by atoms with van der Waals surface area (Å²) >= 11 is 1.59. The summed E-state index contributed by atoms with van der Waals surface area (Å²) in [4.78, 5) is 3.59. The summed E-state index contributed by atoms with van der Waals surface area (Å²) in [5.41, 5.74) is -0.536. The second kappa shape index (κ2) is 4.59. The fourth-order valence-electron chi connectivity index (χ4n) is 0.868. The van der Waals surface area contributed by atoms with Gasteiger partial charge in [0.25, 0.3) is 6.43 Å². The lowest BCUT2D eigenvalue weighted by atomic mass is 10.2. The molecule has 1 heterocycles. The minimum absolute atomic E-state index is 0.0317.